The SMILES string of the molecule is O.[2H]C([2H])(NC(=S)[S-])C([2H])([2H])NC(=S)[S-].[Na+].[Na+]. The van der Waals surface area contributed by atoms with Crippen molar-refractivity contribution in [1.82, 2.24) is 10.6 Å². The number of hydrogen-bond donors (Lipinski definition) is 2. The van der Waals surface area contributed by atoms with Gasteiger partial charge in [0, 0.05) is 13.0 Å². The van der Waals surface area contributed by atoms with Crippen LogP contribution in [-0.2, 0) is 25.3 Å². The Hall–Kier alpha value is 2.18. The molecule has 4 N–H and O–H groups in total. The fraction of sp³-hybridized carbons (Fsp3) is 0.500. The van der Waals surface area contributed by atoms with E-state index >= 15 is 0 Å². The second kappa shape index (κ2) is 16.6. The van der Waals surface area contributed by atoms with Gasteiger partial charge < -0.3 is 65.8 Å². The summed E-state index contributed by atoms with van der Waals surface area (Å²) in [5.41, 5.74) is 0. The molecule has 0 fully saturated rings. The van der Waals surface area contributed by atoms with Crippen LogP contribution in [-0.4, -0.2) is 27.1 Å². The second-order valence-electron chi connectivity index (χ2n) is 1.07. The minimum atomic E-state index is -2.48. The van der Waals surface area contributed by atoms with Crippen LogP contribution in [0.25, 0.3) is 0 Å². The molecule has 0 aromatic heterocycles. The molecular weight excluding hydrogens is 266 g/mol. The third-order valence-corrected chi connectivity index (χ3v) is 0.800. The molecule has 0 spiro atoms. The Kier molecular flexibility index (Phi) is 16.9. The predicted octanol–water partition coefficient (Wildman–Crippen LogP) is -6.99. The van der Waals surface area contributed by atoms with Gasteiger partial charge in [-0.2, -0.15) is 0 Å². The third kappa shape index (κ3) is 25.0. The molecular formula is C4H8N2Na2OS4. The van der Waals surface area contributed by atoms with Crippen LogP contribution in [0.15, 0.2) is 0 Å². The van der Waals surface area contributed by atoms with E-state index in [1.807, 2.05) is 10.6 Å². The molecule has 0 amide bonds. The molecule has 66 valence electrons. The maximum atomic E-state index is 7.31. The largest absolute Gasteiger partial charge is 1.00 e. The quantitative estimate of drug-likeness (QED) is 0.304. The van der Waals surface area contributed by atoms with Gasteiger partial charge in [0.1, 0.15) is 0 Å². The van der Waals surface area contributed by atoms with Crippen LogP contribution < -0.4 is 69.7 Å². The fourth-order valence-electron chi connectivity index (χ4n) is 0.165. The van der Waals surface area contributed by atoms with Gasteiger partial charge in [-0.25, -0.2) is 0 Å². The van der Waals surface area contributed by atoms with E-state index in [0.717, 1.165) is 0 Å². The molecule has 3 nitrogen and oxygen atoms in total. The Morgan fingerprint density at radius 3 is 1.46 bits per heavy atom. The molecule has 0 saturated carbocycles. The maximum Gasteiger partial charge on any atom is 1.00 e. The Bertz CT molecular complexity index is 244. The first-order valence-corrected chi connectivity index (χ1v) is 3.70. The first-order valence-electron chi connectivity index (χ1n) is 4.07. The van der Waals surface area contributed by atoms with E-state index < -0.39 is 13.0 Å². The van der Waals surface area contributed by atoms with Crippen molar-refractivity contribution in [2.75, 3.05) is 13.0 Å². The van der Waals surface area contributed by atoms with Crippen LogP contribution in [0.1, 0.15) is 5.48 Å². The van der Waals surface area contributed by atoms with Gasteiger partial charge >= 0.3 is 59.1 Å². The van der Waals surface area contributed by atoms with Crippen LogP contribution in [0.2, 0.25) is 0 Å². The zero-order valence-electron chi connectivity index (χ0n) is 11.1. The van der Waals surface area contributed by atoms with Gasteiger partial charge in [-0.15, -0.1) is 0 Å². The summed E-state index contributed by atoms with van der Waals surface area (Å²) in [5, 5.41) is 4.00. The summed E-state index contributed by atoms with van der Waals surface area (Å²) in [6.07, 6.45) is 0. The molecule has 9 heteroatoms. The van der Waals surface area contributed by atoms with Gasteiger partial charge in [0.15, 0.2) is 0 Å². The Balaban J connectivity index is -0.000000282. The molecule has 0 aromatic carbocycles. The molecule has 0 radical (unpaired) electrons. The summed E-state index contributed by atoms with van der Waals surface area (Å²) in [4.78, 5) is 0. The molecule has 0 saturated heterocycles. The van der Waals surface area contributed by atoms with E-state index in [-0.39, 0.29) is 73.2 Å². The van der Waals surface area contributed by atoms with E-state index in [4.69, 9.17) is 5.48 Å². The number of hydrogen-bond acceptors (Lipinski definition) is 4. The predicted molar refractivity (Wildman–Crippen MR) is 59.5 cm³/mol. The van der Waals surface area contributed by atoms with Gasteiger partial charge in [0.2, 0.25) is 0 Å². The fourth-order valence-corrected chi connectivity index (χ4v) is 0.369. The average molecular weight is 278 g/mol. The smallest absolute Gasteiger partial charge is 0.412 e. The maximum absolute atomic E-state index is 7.31. The van der Waals surface area contributed by atoms with Crippen LogP contribution in [0.5, 0.6) is 0 Å². The summed E-state index contributed by atoms with van der Waals surface area (Å²) in [6, 6.07) is 0. The van der Waals surface area contributed by atoms with Crippen molar-refractivity contribution in [3.05, 3.63) is 0 Å². The van der Waals surface area contributed by atoms with Crippen molar-refractivity contribution < 1.29 is 70.1 Å². The van der Waals surface area contributed by atoms with Crippen molar-refractivity contribution in [2.45, 2.75) is 0 Å². The van der Waals surface area contributed by atoms with Crippen molar-refractivity contribution in [1.29, 1.82) is 0 Å². The van der Waals surface area contributed by atoms with E-state index in [0.29, 0.717) is 0 Å². The van der Waals surface area contributed by atoms with E-state index in [2.05, 4.69) is 49.7 Å². The molecule has 0 atom stereocenters. The van der Waals surface area contributed by atoms with Gasteiger partial charge in [-0.1, -0.05) is 8.64 Å². The van der Waals surface area contributed by atoms with Gasteiger partial charge in [0.25, 0.3) is 0 Å². The molecule has 0 aromatic rings. The van der Waals surface area contributed by atoms with Crippen molar-refractivity contribution in [3.63, 3.8) is 0 Å². The van der Waals surface area contributed by atoms with Crippen molar-refractivity contribution in [3.8, 4) is 0 Å². The van der Waals surface area contributed by atoms with Crippen molar-refractivity contribution >= 4 is 58.3 Å². The van der Waals surface area contributed by atoms with Crippen LogP contribution >= 0.6 is 24.4 Å². The Morgan fingerprint density at radius 1 is 1.08 bits per heavy atom. The Labute approximate surface area is 150 Å². The van der Waals surface area contributed by atoms with E-state index in [1.54, 1.807) is 0 Å². The first-order chi connectivity index (χ1) is 6.08. The molecule has 13 heavy (non-hydrogen) atoms. The molecule has 0 aliphatic rings. The van der Waals surface area contributed by atoms with Crippen LogP contribution in [0.3, 0.4) is 0 Å². The van der Waals surface area contributed by atoms with Gasteiger partial charge in [-0.05, 0) is 0 Å². The third-order valence-electron chi connectivity index (χ3n) is 0.392. The summed E-state index contributed by atoms with van der Waals surface area (Å²) < 4.78 is 28.7. The molecule has 0 heterocycles. The standard InChI is InChI=1S/C4H8N2S4.2Na.H2O/c7-3(8)5-1-2-6-4(9)10;;;/h1-2H2,(H2,5,7,8)(H2,6,9,10);;;1H2/q;2*+1;/p-2/i1D2,2D2;;;. The number of rotatable bonds is 3. The summed E-state index contributed by atoms with van der Waals surface area (Å²) in [5.74, 6) is 0. The summed E-state index contributed by atoms with van der Waals surface area (Å²) in [7, 11) is 0. The normalized spacial score (nSPS) is 13.2. The number of thiocarbonyl (C=S) groups is 2. The minimum absolute atomic E-state index is 0. The molecule has 0 aliphatic heterocycles. The summed E-state index contributed by atoms with van der Waals surface area (Å²) >= 11 is 17.7. The van der Waals surface area contributed by atoms with Crippen LogP contribution in [0, 0.1) is 0 Å². The van der Waals surface area contributed by atoms with E-state index in [9.17, 15) is 0 Å². The van der Waals surface area contributed by atoms with Crippen molar-refractivity contribution in [2.24, 2.45) is 0 Å². The summed E-state index contributed by atoms with van der Waals surface area (Å²) in [6.45, 7) is -4.95. The molecule has 0 aliphatic carbocycles. The minimum Gasteiger partial charge on any atom is -0.412 e. The number of nitrogens with one attached hydrogen (secondary N) is 2. The molecule has 0 rings (SSSR count). The van der Waals surface area contributed by atoms with E-state index in [1.165, 1.54) is 0 Å². The molecule has 0 unspecified atom stereocenters. The Morgan fingerprint density at radius 2 is 1.31 bits per heavy atom. The topological polar surface area (TPSA) is 55.6 Å². The monoisotopic (exact) mass is 278 g/mol. The first kappa shape index (κ1) is 13.2. The van der Waals surface area contributed by atoms with Crippen LogP contribution in [0.4, 0.5) is 0 Å². The zero-order chi connectivity index (χ0) is 11.6. The van der Waals surface area contributed by atoms with Gasteiger partial charge in [0.05, 0.1) is 5.48 Å². The average Bonchev–Trinajstić information content (AvgIpc) is 1.78. The van der Waals surface area contributed by atoms with Gasteiger partial charge in [-0.3, -0.25) is 0 Å². The zero-order valence-corrected chi connectivity index (χ0v) is 14.4. The molecule has 0 bridgehead atoms. The second-order valence-corrected chi connectivity index (χ2v) is 3.22.